The Balaban J connectivity index is 1.23. The van der Waals surface area contributed by atoms with Crippen LogP contribution in [-0.4, -0.2) is 58.5 Å². The van der Waals surface area contributed by atoms with Crippen LogP contribution in [-0.2, 0) is 22.7 Å². The summed E-state index contributed by atoms with van der Waals surface area (Å²) in [5.74, 6) is 0.467. The van der Waals surface area contributed by atoms with E-state index in [0.29, 0.717) is 25.4 Å². The van der Waals surface area contributed by atoms with Crippen molar-refractivity contribution in [3.8, 4) is 5.75 Å². The summed E-state index contributed by atoms with van der Waals surface area (Å²) < 4.78 is 6.95. The standard InChI is InChI=1S/C24H26N4O5/c1-33-18-7-5-15(6-8-18)12-28-23(31)19(25-24(28)32)10-22(30)26-11-16-9-17(14-26)20-3-2-4-21(29)27(20)13-16/h2-8,16-17,19H,9-14H2,1H3,(H,25,32)/t16-,17+,19?/m1/s1. The van der Waals surface area contributed by atoms with Gasteiger partial charge in [0.25, 0.3) is 11.5 Å². The fourth-order valence-electron chi connectivity index (χ4n) is 5.18. The molecule has 3 aliphatic rings. The first-order chi connectivity index (χ1) is 15.9. The Bertz CT molecular complexity index is 1160. The van der Waals surface area contributed by atoms with Crippen molar-refractivity contribution in [1.29, 1.82) is 0 Å². The average molecular weight is 450 g/mol. The fourth-order valence-corrected chi connectivity index (χ4v) is 5.18. The number of piperidine rings is 1. The number of ether oxygens (including phenoxy) is 1. The number of urea groups is 1. The minimum Gasteiger partial charge on any atom is -0.497 e. The highest BCUT2D eigenvalue weighted by atomic mass is 16.5. The summed E-state index contributed by atoms with van der Waals surface area (Å²) in [6.07, 6.45) is 0.882. The number of nitrogens with zero attached hydrogens (tertiary/aromatic N) is 3. The zero-order valence-electron chi connectivity index (χ0n) is 18.4. The molecule has 3 aliphatic heterocycles. The summed E-state index contributed by atoms with van der Waals surface area (Å²) in [5.41, 5.74) is 1.76. The topological polar surface area (TPSA) is 101 Å². The molecule has 0 aliphatic carbocycles. The molecule has 5 rings (SSSR count). The van der Waals surface area contributed by atoms with Gasteiger partial charge in [-0.1, -0.05) is 18.2 Å². The van der Waals surface area contributed by atoms with Crippen molar-refractivity contribution in [3.05, 3.63) is 64.1 Å². The maximum Gasteiger partial charge on any atom is 0.325 e. The molecule has 2 fully saturated rings. The van der Waals surface area contributed by atoms with Gasteiger partial charge in [-0.25, -0.2) is 4.79 Å². The molecule has 33 heavy (non-hydrogen) atoms. The molecule has 0 spiro atoms. The van der Waals surface area contributed by atoms with E-state index in [2.05, 4.69) is 5.32 Å². The lowest BCUT2D eigenvalue weighted by Crippen LogP contribution is -2.50. The molecule has 9 heteroatoms. The fraction of sp³-hybridized carbons (Fsp3) is 0.417. The molecular weight excluding hydrogens is 424 g/mol. The third-order valence-corrected chi connectivity index (χ3v) is 6.82. The Labute approximate surface area is 190 Å². The zero-order chi connectivity index (χ0) is 23.1. The summed E-state index contributed by atoms with van der Waals surface area (Å²) in [4.78, 5) is 53.5. The number of imide groups is 1. The quantitative estimate of drug-likeness (QED) is 0.693. The molecule has 4 amide bonds. The predicted molar refractivity (Wildman–Crippen MR) is 119 cm³/mol. The lowest BCUT2D eigenvalue weighted by Gasteiger charge is -2.43. The molecule has 2 bridgehead atoms. The molecule has 1 aromatic carbocycles. The van der Waals surface area contributed by atoms with Crippen molar-refractivity contribution < 1.29 is 19.1 Å². The van der Waals surface area contributed by atoms with Crippen LogP contribution < -0.4 is 15.6 Å². The van der Waals surface area contributed by atoms with E-state index in [1.807, 2.05) is 10.6 Å². The van der Waals surface area contributed by atoms with Crippen molar-refractivity contribution in [2.45, 2.75) is 37.9 Å². The highest BCUT2D eigenvalue weighted by molar-refractivity contribution is 6.05. The summed E-state index contributed by atoms with van der Waals surface area (Å²) in [6.45, 7) is 1.81. The molecule has 9 nitrogen and oxygen atoms in total. The smallest absolute Gasteiger partial charge is 0.325 e. The number of rotatable bonds is 5. The van der Waals surface area contributed by atoms with E-state index in [1.54, 1.807) is 48.4 Å². The largest absolute Gasteiger partial charge is 0.497 e. The van der Waals surface area contributed by atoms with E-state index in [9.17, 15) is 19.2 Å². The number of nitrogens with one attached hydrogen (secondary N) is 1. The van der Waals surface area contributed by atoms with Crippen LogP contribution in [0.2, 0.25) is 0 Å². The van der Waals surface area contributed by atoms with E-state index >= 15 is 0 Å². The molecule has 2 saturated heterocycles. The Morgan fingerprint density at radius 3 is 2.61 bits per heavy atom. The number of aromatic nitrogens is 1. The van der Waals surface area contributed by atoms with Gasteiger partial charge in [0, 0.05) is 37.3 Å². The van der Waals surface area contributed by atoms with Crippen LogP contribution in [0.5, 0.6) is 5.75 Å². The number of fused-ring (bicyclic) bond motifs is 4. The van der Waals surface area contributed by atoms with Gasteiger partial charge in [-0.15, -0.1) is 0 Å². The number of hydrogen-bond acceptors (Lipinski definition) is 5. The molecule has 0 radical (unpaired) electrons. The Morgan fingerprint density at radius 1 is 1.06 bits per heavy atom. The highest BCUT2D eigenvalue weighted by Gasteiger charge is 2.41. The molecule has 1 N–H and O–H groups in total. The monoisotopic (exact) mass is 450 g/mol. The van der Waals surface area contributed by atoms with E-state index < -0.39 is 18.0 Å². The summed E-state index contributed by atoms with van der Waals surface area (Å²) >= 11 is 0. The molecule has 3 atom stereocenters. The lowest BCUT2D eigenvalue weighted by atomic mass is 9.83. The number of carbonyl (C=O) groups excluding carboxylic acids is 3. The number of pyridine rings is 1. The highest BCUT2D eigenvalue weighted by Crippen LogP contribution is 2.35. The van der Waals surface area contributed by atoms with Crippen LogP contribution in [0.1, 0.15) is 30.0 Å². The van der Waals surface area contributed by atoms with Gasteiger partial charge in [0.1, 0.15) is 11.8 Å². The van der Waals surface area contributed by atoms with Crippen molar-refractivity contribution in [2.24, 2.45) is 5.92 Å². The van der Waals surface area contributed by atoms with Crippen molar-refractivity contribution in [3.63, 3.8) is 0 Å². The van der Waals surface area contributed by atoms with Gasteiger partial charge >= 0.3 is 6.03 Å². The molecule has 0 saturated carbocycles. The van der Waals surface area contributed by atoms with Crippen molar-refractivity contribution >= 4 is 17.8 Å². The number of hydrogen-bond donors (Lipinski definition) is 1. The zero-order valence-corrected chi connectivity index (χ0v) is 18.4. The van der Waals surface area contributed by atoms with E-state index in [0.717, 1.165) is 22.6 Å². The van der Waals surface area contributed by atoms with E-state index in [1.165, 1.54) is 0 Å². The summed E-state index contributed by atoms with van der Waals surface area (Å²) in [6, 6.07) is 11.1. The Hall–Kier alpha value is -3.62. The van der Waals surface area contributed by atoms with E-state index in [4.69, 9.17) is 4.74 Å². The minimum absolute atomic E-state index is 0.00167. The molecule has 1 aromatic heterocycles. The second-order valence-corrected chi connectivity index (χ2v) is 8.98. The van der Waals surface area contributed by atoms with Crippen molar-refractivity contribution in [2.75, 3.05) is 20.2 Å². The first-order valence-electron chi connectivity index (χ1n) is 11.1. The van der Waals surface area contributed by atoms with Gasteiger partial charge in [0.15, 0.2) is 0 Å². The average Bonchev–Trinajstić information content (AvgIpc) is 3.07. The summed E-state index contributed by atoms with van der Waals surface area (Å²) in [7, 11) is 1.57. The third kappa shape index (κ3) is 3.99. The summed E-state index contributed by atoms with van der Waals surface area (Å²) in [5, 5.41) is 2.66. The second kappa shape index (κ2) is 8.38. The number of benzene rings is 1. The molecule has 1 unspecified atom stereocenters. The van der Waals surface area contributed by atoms with Gasteiger partial charge in [-0.2, -0.15) is 0 Å². The van der Waals surface area contributed by atoms with Crippen molar-refractivity contribution in [1.82, 2.24) is 19.7 Å². The van der Waals surface area contributed by atoms with Gasteiger partial charge < -0.3 is 19.5 Å². The second-order valence-electron chi connectivity index (χ2n) is 8.98. The van der Waals surface area contributed by atoms with E-state index in [-0.39, 0.29) is 36.3 Å². The van der Waals surface area contributed by atoms with Gasteiger partial charge in [-0.3, -0.25) is 19.3 Å². The van der Waals surface area contributed by atoms with Gasteiger partial charge in [0.2, 0.25) is 5.91 Å². The molecule has 172 valence electrons. The first-order valence-corrected chi connectivity index (χ1v) is 11.1. The predicted octanol–water partition coefficient (Wildman–Crippen LogP) is 1.31. The molecule has 4 heterocycles. The number of likely N-dealkylation sites (tertiary alicyclic amines) is 1. The maximum atomic E-state index is 13.1. The normalized spacial score (nSPS) is 23.8. The Morgan fingerprint density at radius 2 is 1.85 bits per heavy atom. The van der Waals surface area contributed by atoms with Gasteiger partial charge in [0.05, 0.1) is 20.1 Å². The number of carbonyl (C=O) groups is 3. The maximum absolute atomic E-state index is 13.1. The van der Waals surface area contributed by atoms with Crippen LogP contribution in [0.25, 0.3) is 0 Å². The van der Waals surface area contributed by atoms with Crippen LogP contribution >= 0.6 is 0 Å². The van der Waals surface area contributed by atoms with Crippen LogP contribution in [0.3, 0.4) is 0 Å². The third-order valence-electron chi connectivity index (χ3n) is 6.82. The van der Waals surface area contributed by atoms with Gasteiger partial charge in [-0.05, 0) is 36.1 Å². The SMILES string of the molecule is COc1ccc(CN2C(=O)NC(CC(=O)N3C[C@H]4C[C@@H](C3)c3cccc(=O)n3C4)C2=O)cc1. The van der Waals surface area contributed by atoms with Crippen LogP contribution in [0.15, 0.2) is 47.3 Å². The molecular formula is C24H26N4O5. The van der Waals surface area contributed by atoms with Crippen LogP contribution in [0.4, 0.5) is 4.79 Å². The lowest BCUT2D eigenvalue weighted by molar-refractivity contribution is -0.137. The number of methoxy groups -OCH3 is 1. The first kappa shape index (κ1) is 21.2. The Kier molecular flexibility index (Phi) is 5.39. The minimum atomic E-state index is -0.861. The number of amides is 4. The molecule has 2 aromatic rings. The van der Waals surface area contributed by atoms with Crippen LogP contribution in [0, 0.1) is 5.92 Å².